The molecule has 0 saturated heterocycles. The summed E-state index contributed by atoms with van der Waals surface area (Å²) in [5.74, 6) is 1.62. The van der Waals surface area contributed by atoms with Crippen molar-refractivity contribution in [2.24, 2.45) is 11.7 Å². The Morgan fingerprint density at radius 2 is 2.05 bits per heavy atom. The number of hydrogen-bond acceptors (Lipinski definition) is 3. The van der Waals surface area contributed by atoms with Crippen LogP contribution in [0.5, 0.6) is 5.75 Å². The Morgan fingerprint density at radius 1 is 1.24 bits per heavy atom. The molecule has 1 aliphatic carbocycles. The SMILES string of the molecule is CCC1CCCCC1Oc1c(CN)cnc2ccccc12. The van der Waals surface area contributed by atoms with Crippen molar-refractivity contribution in [3.8, 4) is 5.75 Å². The Balaban J connectivity index is 1.98. The zero-order valence-electron chi connectivity index (χ0n) is 12.7. The largest absolute Gasteiger partial charge is 0.489 e. The van der Waals surface area contributed by atoms with Crippen molar-refractivity contribution in [1.29, 1.82) is 0 Å². The summed E-state index contributed by atoms with van der Waals surface area (Å²) < 4.78 is 6.47. The van der Waals surface area contributed by atoms with Crippen LogP contribution in [0, 0.1) is 5.92 Å². The van der Waals surface area contributed by atoms with Crippen LogP contribution in [0.1, 0.15) is 44.6 Å². The highest BCUT2D eigenvalue weighted by atomic mass is 16.5. The molecular formula is C18H24N2O. The standard InChI is InChI=1S/C18H24N2O/c1-2-13-7-3-6-10-17(13)21-18-14(11-19)12-20-16-9-5-4-8-15(16)18/h4-5,8-9,12-13,17H,2-3,6-7,10-11,19H2,1H3. The van der Waals surface area contributed by atoms with Crippen LogP contribution in [-0.2, 0) is 6.54 Å². The van der Waals surface area contributed by atoms with Gasteiger partial charge in [-0.05, 0) is 43.7 Å². The van der Waals surface area contributed by atoms with E-state index in [1.807, 2.05) is 24.4 Å². The van der Waals surface area contributed by atoms with E-state index in [1.165, 1.54) is 25.7 Å². The number of nitrogens with zero attached hydrogens (tertiary/aromatic N) is 1. The van der Waals surface area contributed by atoms with Crippen molar-refractivity contribution in [2.75, 3.05) is 0 Å². The number of ether oxygens (including phenoxy) is 1. The van der Waals surface area contributed by atoms with Gasteiger partial charge in [0.15, 0.2) is 0 Å². The van der Waals surface area contributed by atoms with Crippen LogP contribution in [0.3, 0.4) is 0 Å². The monoisotopic (exact) mass is 284 g/mol. The van der Waals surface area contributed by atoms with Crippen molar-refractivity contribution in [1.82, 2.24) is 4.98 Å². The van der Waals surface area contributed by atoms with Gasteiger partial charge >= 0.3 is 0 Å². The molecule has 0 spiro atoms. The Kier molecular flexibility index (Phi) is 4.39. The number of hydrogen-bond donors (Lipinski definition) is 1. The van der Waals surface area contributed by atoms with E-state index in [-0.39, 0.29) is 0 Å². The lowest BCUT2D eigenvalue weighted by Gasteiger charge is -2.32. The van der Waals surface area contributed by atoms with Gasteiger partial charge in [-0.1, -0.05) is 25.5 Å². The van der Waals surface area contributed by atoms with Gasteiger partial charge in [-0.25, -0.2) is 0 Å². The molecular weight excluding hydrogens is 260 g/mol. The van der Waals surface area contributed by atoms with E-state index in [4.69, 9.17) is 10.5 Å². The molecule has 2 atom stereocenters. The van der Waals surface area contributed by atoms with Gasteiger partial charge in [0.25, 0.3) is 0 Å². The molecule has 0 bridgehead atoms. The number of fused-ring (bicyclic) bond motifs is 1. The maximum absolute atomic E-state index is 6.47. The minimum Gasteiger partial charge on any atom is -0.489 e. The summed E-state index contributed by atoms with van der Waals surface area (Å²) in [4.78, 5) is 4.48. The number of nitrogens with two attached hydrogens (primary N) is 1. The van der Waals surface area contributed by atoms with E-state index < -0.39 is 0 Å². The van der Waals surface area contributed by atoms with Crippen molar-refractivity contribution < 1.29 is 4.74 Å². The van der Waals surface area contributed by atoms with Gasteiger partial charge in [0.1, 0.15) is 11.9 Å². The molecule has 2 aromatic rings. The van der Waals surface area contributed by atoms with E-state index >= 15 is 0 Å². The van der Waals surface area contributed by atoms with Crippen molar-refractivity contribution in [3.05, 3.63) is 36.0 Å². The first-order valence-electron chi connectivity index (χ1n) is 8.06. The van der Waals surface area contributed by atoms with E-state index in [2.05, 4.69) is 18.0 Å². The van der Waals surface area contributed by atoms with Crippen LogP contribution in [0.2, 0.25) is 0 Å². The van der Waals surface area contributed by atoms with E-state index in [9.17, 15) is 0 Å². The lowest BCUT2D eigenvalue weighted by Crippen LogP contribution is -2.30. The van der Waals surface area contributed by atoms with Gasteiger partial charge in [-0.15, -0.1) is 0 Å². The minimum absolute atomic E-state index is 0.319. The van der Waals surface area contributed by atoms with Crippen LogP contribution in [0.25, 0.3) is 10.9 Å². The molecule has 0 amide bonds. The number of pyridine rings is 1. The normalized spacial score (nSPS) is 22.4. The highest BCUT2D eigenvalue weighted by Crippen LogP contribution is 2.35. The molecule has 1 aliphatic rings. The van der Waals surface area contributed by atoms with Gasteiger partial charge in [0, 0.05) is 23.7 Å². The molecule has 0 radical (unpaired) electrons. The Labute approximate surface area is 126 Å². The molecule has 3 rings (SSSR count). The molecule has 2 unspecified atom stereocenters. The molecule has 2 N–H and O–H groups in total. The smallest absolute Gasteiger partial charge is 0.135 e. The maximum Gasteiger partial charge on any atom is 0.135 e. The van der Waals surface area contributed by atoms with Crippen molar-refractivity contribution in [2.45, 2.75) is 51.7 Å². The summed E-state index contributed by atoms with van der Waals surface area (Å²) in [5, 5.41) is 1.08. The molecule has 1 aromatic carbocycles. The van der Waals surface area contributed by atoms with Crippen LogP contribution >= 0.6 is 0 Å². The van der Waals surface area contributed by atoms with Crippen LogP contribution in [0.15, 0.2) is 30.5 Å². The predicted octanol–water partition coefficient (Wildman–Crippen LogP) is 4.04. The van der Waals surface area contributed by atoms with Crippen LogP contribution in [-0.4, -0.2) is 11.1 Å². The highest BCUT2D eigenvalue weighted by molar-refractivity contribution is 5.86. The fourth-order valence-electron chi connectivity index (χ4n) is 3.39. The van der Waals surface area contributed by atoms with Crippen molar-refractivity contribution in [3.63, 3.8) is 0 Å². The fraction of sp³-hybridized carbons (Fsp3) is 0.500. The van der Waals surface area contributed by atoms with Crippen LogP contribution in [0.4, 0.5) is 0 Å². The van der Waals surface area contributed by atoms with Crippen molar-refractivity contribution >= 4 is 10.9 Å². The topological polar surface area (TPSA) is 48.1 Å². The second-order valence-electron chi connectivity index (χ2n) is 5.94. The third-order valence-corrected chi connectivity index (χ3v) is 4.65. The summed E-state index contributed by atoms with van der Waals surface area (Å²) in [6.07, 6.45) is 8.40. The van der Waals surface area contributed by atoms with Gasteiger partial charge in [-0.2, -0.15) is 0 Å². The Hall–Kier alpha value is -1.61. The Morgan fingerprint density at radius 3 is 2.86 bits per heavy atom. The summed E-state index contributed by atoms with van der Waals surface area (Å²) in [7, 11) is 0. The minimum atomic E-state index is 0.319. The second-order valence-corrected chi connectivity index (χ2v) is 5.94. The molecule has 1 fully saturated rings. The average molecular weight is 284 g/mol. The number of aromatic nitrogens is 1. The first kappa shape index (κ1) is 14.3. The fourth-order valence-corrected chi connectivity index (χ4v) is 3.39. The quantitative estimate of drug-likeness (QED) is 0.921. The van der Waals surface area contributed by atoms with Gasteiger partial charge in [0.05, 0.1) is 5.52 Å². The predicted molar refractivity (Wildman–Crippen MR) is 86.3 cm³/mol. The molecule has 1 aromatic heterocycles. The number of rotatable bonds is 4. The molecule has 1 saturated carbocycles. The third kappa shape index (κ3) is 2.88. The summed E-state index contributed by atoms with van der Waals surface area (Å²) in [6.45, 7) is 2.73. The molecule has 3 heteroatoms. The third-order valence-electron chi connectivity index (χ3n) is 4.65. The maximum atomic E-state index is 6.47. The number of benzene rings is 1. The summed E-state index contributed by atoms with van der Waals surface area (Å²) in [5.41, 5.74) is 7.88. The van der Waals surface area contributed by atoms with Gasteiger partial charge in [-0.3, -0.25) is 4.98 Å². The second kappa shape index (κ2) is 6.44. The van der Waals surface area contributed by atoms with Gasteiger partial charge < -0.3 is 10.5 Å². The zero-order chi connectivity index (χ0) is 14.7. The molecule has 1 heterocycles. The molecule has 3 nitrogen and oxygen atoms in total. The highest BCUT2D eigenvalue weighted by Gasteiger charge is 2.26. The number of para-hydroxylation sites is 1. The zero-order valence-corrected chi connectivity index (χ0v) is 12.7. The molecule has 21 heavy (non-hydrogen) atoms. The first-order valence-corrected chi connectivity index (χ1v) is 8.06. The first-order chi connectivity index (χ1) is 10.3. The summed E-state index contributed by atoms with van der Waals surface area (Å²) >= 11 is 0. The lowest BCUT2D eigenvalue weighted by atomic mass is 9.84. The van der Waals surface area contributed by atoms with Gasteiger partial charge in [0.2, 0.25) is 0 Å². The average Bonchev–Trinajstić information content (AvgIpc) is 2.55. The molecule has 0 aliphatic heterocycles. The summed E-state index contributed by atoms with van der Waals surface area (Å²) in [6, 6.07) is 8.16. The van der Waals surface area contributed by atoms with E-state index in [0.29, 0.717) is 18.6 Å². The van der Waals surface area contributed by atoms with E-state index in [0.717, 1.165) is 28.6 Å². The van der Waals surface area contributed by atoms with Crippen LogP contribution < -0.4 is 10.5 Å². The van der Waals surface area contributed by atoms with E-state index in [1.54, 1.807) is 0 Å². The lowest BCUT2D eigenvalue weighted by molar-refractivity contribution is 0.0909. The Bertz CT molecular complexity index is 611. The molecule has 112 valence electrons.